The van der Waals surface area contributed by atoms with Gasteiger partial charge in [0.15, 0.2) is 11.3 Å². The van der Waals surface area contributed by atoms with Crippen LogP contribution in [0.5, 0.6) is 0 Å². The average Bonchev–Trinajstić information content (AvgIpc) is 3.23. The minimum absolute atomic E-state index is 0.116. The third-order valence-corrected chi connectivity index (χ3v) is 4.76. The summed E-state index contributed by atoms with van der Waals surface area (Å²) in [5.74, 6) is -0.752. The molecule has 2 aromatic carbocycles. The highest BCUT2D eigenvalue weighted by molar-refractivity contribution is 6.35. The van der Waals surface area contributed by atoms with Crippen LogP contribution in [0.25, 0.3) is 21.9 Å². The van der Waals surface area contributed by atoms with Crippen molar-refractivity contribution < 1.29 is 14.0 Å². The number of carbonyl (C=O) groups is 2. The molecule has 136 valence electrons. The average molecular weight is 382 g/mol. The van der Waals surface area contributed by atoms with Gasteiger partial charge in [0.1, 0.15) is 0 Å². The molecule has 0 aliphatic rings. The molecule has 3 N–H and O–H groups in total. The second-order valence-corrected chi connectivity index (χ2v) is 6.62. The van der Waals surface area contributed by atoms with E-state index in [0.29, 0.717) is 16.2 Å². The van der Waals surface area contributed by atoms with Crippen LogP contribution >= 0.6 is 11.6 Å². The number of aryl methyl sites for hydroxylation is 1. The summed E-state index contributed by atoms with van der Waals surface area (Å²) in [5.41, 5.74) is 7.74. The second kappa shape index (κ2) is 6.81. The number of hydrazine groups is 1. The number of hydrogen-bond acceptors (Lipinski definition) is 3. The van der Waals surface area contributed by atoms with Crippen LogP contribution in [0.2, 0.25) is 5.02 Å². The fourth-order valence-electron chi connectivity index (χ4n) is 3.10. The number of hydrogen-bond donors (Lipinski definition) is 3. The lowest BCUT2D eigenvalue weighted by Crippen LogP contribution is -2.42. The molecule has 0 spiro atoms. The van der Waals surface area contributed by atoms with Gasteiger partial charge in [0.2, 0.25) is 5.91 Å². The topological polar surface area (TPSA) is 87.1 Å². The van der Waals surface area contributed by atoms with E-state index in [0.717, 1.165) is 21.9 Å². The Morgan fingerprint density at radius 2 is 1.85 bits per heavy atom. The molecule has 2 amide bonds. The van der Waals surface area contributed by atoms with Gasteiger partial charge in [-0.3, -0.25) is 20.4 Å². The van der Waals surface area contributed by atoms with Gasteiger partial charge in [0.25, 0.3) is 0 Å². The van der Waals surface area contributed by atoms with Crippen LogP contribution in [-0.4, -0.2) is 16.8 Å². The highest BCUT2D eigenvalue weighted by Crippen LogP contribution is 2.30. The number of furan rings is 1. The molecule has 0 saturated heterocycles. The summed E-state index contributed by atoms with van der Waals surface area (Å²) in [6, 6.07) is 13.0. The number of para-hydroxylation sites is 2. The third-order valence-electron chi connectivity index (χ3n) is 4.46. The fraction of sp³-hybridized carbons (Fsp3) is 0.100. The van der Waals surface area contributed by atoms with Gasteiger partial charge >= 0.3 is 5.91 Å². The van der Waals surface area contributed by atoms with E-state index in [-0.39, 0.29) is 18.1 Å². The second-order valence-electron chi connectivity index (χ2n) is 6.21. The van der Waals surface area contributed by atoms with Crippen molar-refractivity contribution in [3.8, 4) is 0 Å². The number of halogens is 1. The van der Waals surface area contributed by atoms with E-state index in [2.05, 4.69) is 15.8 Å². The summed E-state index contributed by atoms with van der Waals surface area (Å²) in [6.45, 7) is 1.77. The van der Waals surface area contributed by atoms with E-state index < -0.39 is 5.91 Å². The van der Waals surface area contributed by atoms with Gasteiger partial charge in [-0.05, 0) is 24.6 Å². The highest BCUT2D eigenvalue weighted by atomic mass is 35.5. The molecule has 27 heavy (non-hydrogen) atoms. The van der Waals surface area contributed by atoms with E-state index in [1.807, 2.05) is 30.3 Å². The summed E-state index contributed by atoms with van der Waals surface area (Å²) >= 11 is 6.10. The van der Waals surface area contributed by atoms with Crippen LogP contribution in [-0.2, 0) is 11.2 Å². The largest absolute Gasteiger partial charge is 0.449 e. The van der Waals surface area contributed by atoms with Crippen molar-refractivity contribution >= 4 is 45.3 Å². The number of benzene rings is 2. The predicted molar refractivity (Wildman–Crippen MR) is 104 cm³/mol. The molecular weight excluding hydrogens is 366 g/mol. The molecule has 0 bridgehead atoms. The van der Waals surface area contributed by atoms with E-state index in [1.165, 1.54) is 0 Å². The number of aromatic nitrogens is 1. The van der Waals surface area contributed by atoms with Crippen LogP contribution in [0.15, 0.2) is 53.1 Å². The van der Waals surface area contributed by atoms with Crippen LogP contribution in [0, 0.1) is 6.92 Å². The van der Waals surface area contributed by atoms with Crippen molar-refractivity contribution in [2.45, 2.75) is 13.3 Å². The van der Waals surface area contributed by atoms with Crippen molar-refractivity contribution in [1.29, 1.82) is 0 Å². The van der Waals surface area contributed by atoms with Gasteiger partial charge in [-0.25, -0.2) is 0 Å². The Labute approximate surface area is 159 Å². The van der Waals surface area contributed by atoms with Crippen LogP contribution in [0.1, 0.15) is 21.7 Å². The molecule has 0 atom stereocenters. The number of carbonyl (C=O) groups excluding carboxylic acids is 2. The van der Waals surface area contributed by atoms with E-state index in [4.69, 9.17) is 16.0 Å². The molecule has 6 nitrogen and oxygen atoms in total. The minimum atomic E-state index is -0.535. The maximum atomic E-state index is 12.4. The van der Waals surface area contributed by atoms with Gasteiger partial charge in [-0.1, -0.05) is 41.9 Å². The van der Waals surface area contributed by atoms with Crippen molar-refractivity contribution in [2.75, 3.05) is 0 Å². The number of rotatable bonds is 3. The number of amides is 2. The number of nitrogens with one attached hydrogen (secondary N) is 3. The Balaban J connectivity index is 1.45. The molecule has 4 aromatic rings. The first kappa shape index (κ1) is 17.2. The zero-order chi connectivity index (χ0) is 19.0. The van der Waals surface area contributed by atoms with Gasteiger partial charge in [0.05, 0.1) is 11.4 Å². The molecule has 0 unspecified atom stereocenters. The van der Waals surface area contributed by atoms with E-state index in [1.54, 1.807) is 25.3 Å². The quantitative estimate of drug-likeness (QED) is 0.470. The molecule has 0 aliphatic carbocycles. The molecule has 4 rings (SSSR count). The molecule has 0 radical (unpaired) electrons. The third kappa shape index (κ3) is 3.15. The molecule has 0 aliphatic heterocycles. The Morgan fingerprint density at radius 3 is 2.67 bits per heavy atom. The lowest BCUT2D eigenvalue weighted by atomic mass is 10.1. The van der Waals surface area contributed by atoms with Crippen molar-refractivity contribution in [3.05, 3.63) is 70.6 Å². The minimum Gasteiger partial charge on any atom is -0.449 e. The summed E-state index contributed by atoms with van der Waals surface area (Å²) < 4.78 is 5.59. The highest BCUT2D eigenvalue weighted by Gasteiger charge is 2.19. The molecule has 2 aromatic heterocycles. The van der Waals surface area contributed by atoms with Crippen molar-refractivity contribution in [2.24, 2.45) is 0 Å². The standard InChI is InChI=1S/C20H16ClN3O3/c1-11-13-6-4-7-15(21)19(13)27-18(11)20(26)24-23-17(25)9-12-10-22-16-8-3-2-5-14(12)16/h2-8,10,22H,9H2,1H3,(H,23,25)(H,24,26). The number of H-pyrrole nitrogens is 1. The van der Waals surface area contributed by atoms with Crippen molar-refractivity contribution in [1.82, 2.24) is 15.8 Å². The maximum Gasteiger partial charge on any atom is 0.305 e. The van der Waals surface area contributed by atoms with Crippen LogP contribution in [0.4, 0.5) is 0 Å². The summed E-state index contributed by atoms with van der Waals surface area (Å²) in [6.07, 6.45) is 1.92. The molecule has 0 fully saturated rings. The van der Waals surface area contributed by atoms with E-state index >= 15 is 0 Å². The summed E-state index contributed by atoms with van der Waals surface area (Å²) in [4.78, 5) is 27.7. The smallest absolute Gasteiger partial charge is 0.305 e. The zero-order valence-electron chi connectivity index (χ0n) is 14.4. The van der Waals surface area contributed by atoms with Gasteiger partial charge < -0.3 is 9.40 Å². The summed E-state index contributed by atoms with van der Waals surface area (Å²) in [5, 5.41) is 2.16. The molecular formula is C20H16ClN3O3. The monoisotopic (exact) mass is 381 g/mol. The SMILES string of the molecule is Cc1c(C(=O)NNC(=O)Cc2c[nH]c3ccccc23)oc2c(Cl)cccc12. The first-order valence-corrected chi connectivity index (χ1v) is 8.74. The molecule has 7 heteroatoms. The first-order chi connectivity index (χ1) is 13.0. The molecule has 2 heterocycles. The lowest BCUT2D eigenvalue weighted by Gasteiger charge is -2.06. The van der Waals surface area contributed by atoms with Gasteiger partial charge in [0, 0.05) is 28.0 Å². The Kier molecular flexibility index (Phi) is 4.33. The Morgan fingerprint density at radius 1 is 1.07 bits per heavy atom. The fourth-order valence-corrected chi connectivity index (χ4v) is 3.32. The van der Waals surface area contributed by atoms with Crippen molar-refractivity contribution in [3.63, 3.8) is 0 Å². The maximum absolute atomic E-state index is 12.4. The zero-order valence-corrected chi connectivity index (χ0v) is 15.2. The van der Waals surface area contributed by atoms with Gasteiger partial charge in [-0.15, -0.1) is 0 Å². The van der Waals surface area contributed by atoms with Crippen LogP contribution in [0.3, 0.4) is 0 Å². The number of aromatic amines is 1. The van der Waals surface area contributed by atoms with Gasteiger partial charge in [-0.2, -0.15) is 0 Å². The number of fused-ring (bicyclic) bond motifs is 2. The normalized spacial score (nSPS) is 11.0. The Hall–Kier alpha value is -3.25. The summed E-state index contributed by atoms with van der Waals surface area (Å²) in [7, 11) is 0. The molecule has 0 saturated carbocycles. The Bertz CT molecular complexity index is 1180. The predicted octanol–water partition coefficient (Wildman–Crippen LogP) is 3.88. The lowest BCUT2D eigenvalue weighted by molar-refractivity contribution is -0.121. The van der Waals surface area contributed by atoms with E-state index in [9.17, 15) is 9.59 Å². The van der Waals surface area contributed by atoms with Crippen LogP contribution < -0.4 is 10.9 Å². The first-order valence-electron chi connectivity index (χ1n) is 8.36.